The van der Waals surface area contributed by atoms with Crippen LogP contribution >= 0.6 is 0 Å². The number of benzene rings is 1. The van der Waals surface area contributed by atoms with E-state index < -0.39 is 17.8 Å². The van der Waals surface area contributed by atoms with Gasteiger partial charge in [-0.15, -0.1) is 5.10 Å². The average molecular weight is 463 g/mol. The van der Waals surface area contributed by atoms with E-state index in [1.54, 1.807) is 10.7 Å². The van der Waals surface area contributed by atoms with Crippen LogP contribution in [0.15, 0.2) is 67.1 Å². The largest absolute Gasteiger partial charge is 0.366 e. The molecule has 0 saturated carbocycles. The number of nitrogen functional groups attached to an aromatic ring is 1. The Balaban J connectivity index is 1.54. The van der Waals surface area contributed by atoms with Gasteiger partial charge in [-0.2, -0.15) is 10.1 Å². The van der Waals surface area contributed by atoms with Crippen molar-refractivity contribution in [3.63, 3.8) is 0 Å². The van der Waals surface area contributed by atoms with Crippen LogP contribution < -0.4 is 5.73 Å². The molecule has 1 atom stereocenters. The van der Waals surface area contributed by atoms with Crippen LogP contribution in [-0.4, -0.2) is 35.3 Å². The van der Waals surface area contributed by atoms with E-state index in [1.165, 1.54) is 29.2 Å². The summed E-state index contributed by atoms with van der Waals surface area (Å²) < 4.78 is 45.3. The van der Waals surface area contributed by atoms with Gasteiger partial charge in [0, 0.05) is 30.4 Å². The van der Waals surface area contributed by atoms with Gasteiger partial charge in [0.2, 0.25) is 5.95 Å². The molecule has 172 valence electrons. The molecule has 7 nitrogen and oxygen atoms in total. The van der Waals surface area contributed by atoms with Gasteiger partial charge in [0.05, 0.1) is 17.6 Å². The number of rotatable bonds is 5. The molecule has 10 heteroatoms. The Morgan fingerprint density at radius 2 is 1.76 bits per heavy atom. The summed E-state index contributed by atoms with van der Waals surface area (Å²) in [4.78, 5) is 8.94. The number of hydrogen-bond donors (Lipinski definition) is 1. The molecule has 0 aliphatic carbocycles. The summed E-state index contributed by atoms with van der Waals surface area (Å²) in [6, 6.07) is 11.0. The van der Waals surface area contributed by atoms with Crippen molar-refractivity contribution in [2.75, 3.05) is 5.73 Å². The van der Waals surface area contributed by atoms with Crippen molar-refractivity contribution >= 4 is 11.6 Å². The Labute approximate surface area is 192 Å². The standard InChI is InChI=1S/C24H20F3N7/c1-14-3-8-19(16-9-10-33-20(11-16)31-23(28)32-33)30-21(14)17-12-29-34(13-17)22(24(2,26)27)15-4-6-18(25)7-5-15/h3-13,22H,1-2H3,(H2,28,32)/t22-/m1/s1. The SMILES string of the molecule is Cc1ccc(-c2ccn3nc(N)nc3c2)nc1-c1cnn([C@H](c2ccc(F)cc2)C(C)(F)F)c1. The van der Waals surface area contributed by atoms with Crippen LogP contribution in [0.25, 0.3) is 28.2 Å². The molecular formula is C24H20F3N7. The summed E-state index contributed by atoms with van der Waals surface area (Å²) in [6.45, 7) is 2.71. The number of aryl methyl sites for hydroxylation is 1. The normalized spacial score (nSPS) is 12.9. The fourth-order valence-corrected chi connectivity index (χ4v) is 3.96. The highest BCUT2D eigenvalue weighted by Crippen LogP contribution is 2.35. The van der Waals surface area contributed by atoms with Crippen LogP contribution in [0.5, 0.6) is 0 Å². The molecule has 0 aliphatic heterocycles. The molecule has 0 amide bonds. The van der Waals surface area contributed by atoms with Crippen LogP contribution in [0.2, 0.25) is 0 Å². The lowest BCUT2D eigenvalue weighted by Gasteiger charge is -2.24. The van der Waals surface area contributed by atoms with E-state index in [9.17, 15) is 13.2 Å². The van der Waals surface area contributed by atoms with Gasteiger partial charge in [-0.1, -0.05) is 18.2 Å². The number of pyridine rings is 2. The van der Waals surface area contributed by atoms with Crippen LogP contribution in [0, 0.1) is 12.7 Å². The van der Waals surface area contributed by atoms with Crippen molar-refractivity contribution in [2.45, 2.75) is 25.8 Å². The monoisotopic (exact) mass is 463 g/mol. The molecule has 0 saturated heterocycles. The Hall–Kier alpha value is -4.21. The van der Waals surface area contributed by atoms with Crippen molar-refractivity contribution in [3.05, 3.63) is 84.1 Å². The second-order valence-electron chi connectivity index (χ2n) is 8.17. The number of anilines is 1. The highest BCUT2D eigenvalue weighted by Gasteiger charge is 2.37. The number of fused-ring (bicyclic) bond motifs is 1. The summed E-state index contributed by atoms with van der Waals surface area (Å²) in [5.41, 5.74) is 10.0. The summed E-state index contributed by atoms with van der Waals surface area (Å²) >= 11 is 0. The number of alkyl halides is 2. The predicted molar refractivity (Wildman–Crippen MR) is 122 cm³/mol. The van der Waals surface area contributed by atoms with Gasteiger partial charge in [-0.25, -0.2) is 22.7 Å². The smallest absolute Gasteiger partial charge is 0.271 e. The van der Waals surface area contributed by atoms with Crippen LogP contribution in [0.3, 0.4) is 0 Å². The third-order valence-corrected chi connectivity index (χ3v) is 5.55. The molecule has 0 aliphatic rings. The molecule has 0 spiro atoms. The van der Waals surface area contributed by atoms with Crippen molar-refractivity contribution in [1.29, 1.82) is 0 Å². The lowest BCUT2D eigenvalue weighted by Crippen LogP contribution is -2.29. The molecule has 0 radical (unpaired) electrons. The fourth-order valence-electron chi connectivity index (χ4n) is 3.96. The van der Waals surface area contributed by atoms with E-state index in [0.29, 0.717) is 22.6 Å². The van der Waals surface area contributed by atoms with E-state index in [1.807, 2.05) is 31.2 Å². The number of halogens is 3. The minimum absolute atomic E-state index is 0.172. The van der Waals surface area contributed by atoms with Crippen LogP contribution in [-0.2, 0) is 0 Å². The molecule has 4 heterocycles. The Morgan fingerprint density at radius 1 is 1.00 bits per heavy atom. The minimum atomic E-state index is -3.14. The molecule has 5 rings (SSSR count). The second-order valence-corrected chi connectivity index (χ2v) is 8.17. The van der Waals surface area contributed by atoms with Crippen molar-refractivity contribution < 1.29 is 13.2 Å². The zero-order valence-electron chi connectivity index (χ0n) is 18.3. The van der Waals surface area contributed by atoms with E-state index in [2.05, 4.69) is 15.2 Å². The molecule has 0 fully saturated rings. The number of nitrogens with zero attached hydrogens (tertiary/aromatic N) is 6. The maximum absolute atomic E-state index is 14.6. The maximum Gasteiger partial charge on any atom is 0.271 e. The van der Waals surface area contributed by atoms with E-state index in [0.717, 1.165) is 30.2 Å². The first-order valence-electron chi connectivity index (χ1n) is 10.5. The van der Waals surface area contributed by atoms with Crippen LogP contribution in [0.4, 0.5) is 19.1 Å². The average Bonchev–Trinajstić information content (AvgIpc) is 3.40. The van der Waals surface area contributed by atoms with Gasteiger partial charge < -0.3 is 5.73 Å². The molecule has 5 aromatic rings. The van der Waals surface area contributed by atoms with Gasteiger partial charge in [-0.3, -0.25) is 4.68 Å². The lowest BCUT2D eigenvalue weighted by molar-refractivity contribution is -0.0217. The highest BCUT2D eigenvalue weighted by molar-refractivity contribution is 5.70. The quantitative estimate of drug-likeness (QED) is 0.399. The summed E-state index contributed by atoms with van der Waals surface area (Å²) in [6.07, 6.45) is 4.78. The molecule has 0 unspecified atom stereocenters. The van der Waals surface area contributed by atoms with Crippen molar-refractivity contribution in [3.8, 4) is 22.5 Å². The van der Waals surface area contributed by atoms with Gasteiger partial charge in [-0.05, 0) is 48.4 Å². The van der Waals surface area contributed by atoms with Crippen molar-refractivity contribution in [1.82, 2.24) is 29.4 Å². The minimum Gasteiger partial charge on any atom is -0.366 e. The first kappa shape index (κ1) is 21.6. The number of nitrogens with two attached hydrogens (primary N) is 1. The number of hydrogen-bond acceptors (Lipinski definition) is 5. The third-order valence-electron chi connectivity index (χ3n) is 5.55. The first-order chi connectivity index (χ1) is 16.2. The Bertz CT molecular complexity index is 1480. The second kappa shape index (κ2) is 7.98. The van der Waals surface area contributed by atoms with E-state index >= 15 is 0 Å². The van der Waals surface area contributed by atoms with E-state index in [4.69, 9.17) is 10.7 Å². The van der Waals surface area contributed by atoms with Gasteiger partial charge in [0.25, 0.3) is 5.92 Å². The zero-order chi connectivity index (χ0) is 24.0. The van der Waals surface area contributed by atoms with Gasteiger partial charge in [0.1, 0.15) is 11.9 Å². The summed E-state index contributed by atoms with van der Waals surface area (Å²) in [7, 11) is 0. The Morgan fingerprint density at radius 3 is 2.50 bits per heavy atom. The summed E-state index contributed by atoms with van der Waals surface area (Å²) in [5, 5.41) is 8.28. The Kier molecular flexibility index (Phi) is 5.07. The van der Waals surface area contributed by atoms with Crippen molar-refractivity contribution in [2.24, 2.45) is 0 Å². The molecule has 1 aromatic carbocycles. The molecule has 34 heavy (non-hydrogen) atoms. The summed E-state index contributed by atoms with van der Waals surface area (Å²) in [5.74, 6) is -3.46. The molecule has 2 N–H and O–H groups in total. The van der Waals surface area contributed by atoms with Gasteiger partial charge in [0.15, 0.2) is 5.65 Å². The third kappa shape index (κ3) is 3.98. The topological polar surface area (TPSA) is 86.9 Å². The predicted octanol–water partition coefficient (Wildman–Crippen LogP) is 4.93. The van der Waals surface area contributed by atoms with Gasteiger partial charge >= 0.3 is 0 Å². The first-order valence-corrected chi connectivity index (χ1v) is 10.5. The highest BCUT2D eigenvalue weighted by atomic mass is 19.3. The van der Waals surface area contributed by atoms with Crippen LogP contribution in [0.1, 0.15) is 24.1 Å². The fraction of sp³-hybridized carbons (Fsp3) is 0.167. The number of aromatic nitrogens is 6. The zero-order valence-corrected chi connectivity index (χ0v) is 18.3. The van der Waals surface area contributed by atoms with E-state index in [-0.39, 0.29) is 11.5 Å². The lowest BCUT2D eigenvalue weighted by atomic mass is 10.0. The molecule has 4 aromatic heterocycles. The molecule has 0 bridgehead atoms. The maximum atomic E-state index is 14.6. The molecular weight excluding hydrogens is 443 g/mol.